The van der Waals surface area contributed by atoms with Crippen molar-refractivity contribution in [3.63, 3.8) is 0 Å². The molecule has 2 heterocycles. The van der Waals surface area contributed by atoms with Crippen molar-refractivity contribution in [1.82, 2.24) is 15.1 Å². The van der Waals surface area contributed by atoms with E-state index in [2.05, 4.69) is 10.2 Å². The van der Waals surface area contributed by atoms with Crippen LogP contribution in [0, 0.1) is 0 Å². The minimum atomic E-state index is -0.158. The van der Waals surface area contributed by atoms with Gasteiger partial charge in [-0.3, -0.25) is 4.90 Å². The van der Waals surface area contributed by atoms with Crippen LogP contribution in [0.4, 0.5) is 4.79 Å². The molecule has 1 atom stereocenters. The van der Waals surface area contributed by atoms with Gasteiger partial charge in [-0.25, -0.2) is 4.79 Å². The van der Waals surface area contributed by atoms with Crippen LogP contribution in [0.1, 0.15) is 26.2 Å². The highest BCUT2D eigenvalue weighted by Crippen LogP contribution is 2.11. The van der Waals surface area contributed by atoms with E-state index >= 15 is 0 Å². The Kier molecular flexibility index (Phi) is 5.26. The second-order valence-corrected chi connectivity index (χ2v) is 5.11. The topological polar surface area (TPSA) is 44.8 Å². The Morgan fingerprint density at radius 2 is 2.11 bits per heavy atom. The minimum Gasteiger partial charge on any atom is -0.450 e. The summed E-state index contributed by atoms with van der Waals surface area (Å²) < 4.78 is 5.02. The van der Waals surface area contributed by atoms with Gasteiger partial charge in [0.1, 0.15) is 0 Å². The monoisotopic (exact) mass is 255 g/mol. The van der Waals surface area contributed by atoms with Crippen molar-refractivity contribution in [3.05, 3.63) is 0 Å². The first-order valence-electron chi connectivity index (χ1n) is 7.17. The molecule has 1 amide bonds. The molecule has 104 valence electrons. The molecular weight excluding hydrogens is 230 g/mol. The highest BCUT2D eigenvalue weighted by atomic mass is 16.6. The Hall–Kier alpha value is -0.810. The summed E-state index contributed by atoms with van der Waals surface area (Å²) in [7, 11) is 0. The molecule has 2 aliphatic rings. The van der Waals surface area contributed by atoms with Gasteiger partial charge in [-0.15, -0.1) is 0 Å². The van der Waals surface area contributed by atoms with Crippen LogP contribution in [0.25, 0.3) is 0 Å². The fraction of sp³-hybridized carbons (Fsp3) is 0.923. The van der Waals surface area contributed by atoms with Gasteiger partial charge < -0.3 is 15.0 Å². The maximum atomic E-state index is 11.5. The molecule has 1 unspecified atom stereocenters. The maximum absolute atomic E-state index is 11.5. The molecule has 0 bridgehead atoms. The van der Waals surface area contributed by atoms with Gasteiger partial charge in [-0.05, 0) is 39.3 Å². The third-order valence-electron chi connectivity index (χ3n) is 3.85. The van der Waals surface area contributed by atoms with Crippen molar-refractivity contribution in [2.45, 2.75) is 32.2 Å². The van der Waals surface area contributed by atoms with Gasteiger partial charge >= 0.3 is 6.09 Å². The Bertz CT molecular complexity index is 259. The molecule has 0 saturated carbocycles. The molecule has 0 aliphatic carbocycles. The van der Waals surface area contributed by atoms with Crippen molar-refractivity contribution in [2.75, 3.05) is 45.9 Å². The van der Waals surface area contributed by atoms with Gasteiger partial charge in [0.25, 0.3) is 0 Å². The lowest BCUT2D eigenvalue weighted by Gasteiger charge is -2.34. The summed E-state index contributed by atoms with van der Waals surface area (Å²) in [6.07, 6.45) is 3.72. The number of carbonyl (C=O) groups excluding carboxylic acids is 1. The number of ether oxygens (including phenoxy) is 1. The molecule has 2 fully saturated rings. The first kappa shape index (κ1) is 13.6. The van der Waals surface area contributed by atoms with E-state index in [0.29, 0.717) is 12.6 Å². The fourth-order valence-corrected chi connectivity index (χ4v) is 2.71. The van der Waals surface area contributed by atoms with Gasteiger partial charge in [0, 0.05) is 32.2 Å². The van der Waals surface area contributed by atoms with Crippen LogP contribution in [0.2, 0.25) is 0 Å². The number of amides is 1. The molecule has 2 aliphatic heterocycles. The van der Waals surface area contributed by atoms with E-state index in [4.69, 9.17) is 4.74 Å². The molecule has 0 spiro atoms. The van der Waals surface area contributed by atoms with Crippen LogP contribution in [-0.2, 0) is 4.74 Å². The zero-order valence-electron chi connectivity index (χ0n) is 11.4. The van der Waals surface area contributed by atoms with Crippen molar-refractivity contribution in [1.29, 1.82) is 0 Å². The predicted octanol–water partition coefficient (Wildman–Crippen LogP) is 0.903. The summed E-state index contributed by atoms with van der Waals surface area (Å²) in [6, 6.07) is 0.716. The Morgan fingerprint density at radius 3 is 2.72 bits per heavy atom. The Morgan fingerprint density at radius 1 is 1.33 bits per heavy atom. The second kappa shape index (κ2) is 6.95. The van der Waals surface area contributed by atoms with Crippen LogP contribution in [0.15, 0.2) is 0 Å². The molecule has 5 nitrogen and oxygen atoms in total. The van der Waals surface area contributed by atoms with E-state index in [1.54, 1.807) is 0 Å². The molecule has 0 aromatic heterocycles. The molecule has 5 heteroatoms. The number of rotatable bonds is 4. The SMILES string of the molecule is CCOC(=O)N1CCN(CCC2CCCN2)CC1. The van der Waals surface area contributed by atoms with Gasteiger partial charge in [0.05, 0.1) is 6.61 Å². The number of carbonyl (C=O) groups is 1. The lowest BCUT2D eigenvalue weighted by molar-refractivity contribution is 0.0787. The highest BCUT2D eigenvalue weighted by Gasteiger charge is 2.22. The number of nitrogens with one attached hydrogen (secondary N) is 1. The zero-order chi connectivity index (χ0) is 12.8. The normalized spacial score (nSPS) is 25.4. The largest absolute Gasteiger partial charge is 0.450 e. The molecule has 2 rings (SSSR count). The summed E-state index contributed by atoms with van der Waals surface area (Å²) >= 11 is 0. The number of piperazine rings is 1. The van der Waals surface area contributed by atoms with Crippen molar-refractivity contribution in [2.24, 2.45) is 0 Å². The molecular formula is C13H25N3O2. The van der Waals surface area contributed by atoms with Crippen LogP contribution in [-0.4, -0.2) is 67.8 Å². The predicted molar refractivity (Wildman–Crippen MR) is 70.7 cm³/mol. The summed E-state index contributed by atoms with van der Waals surface area (Å²) in [6.45, 7) is 8.20. The van der Waals surface area contributed by atoms with E-state index in [9.17, 15) is 4.79 Å². The number of hydrogen-bond acceptors (Lipinski definition) is 4. The first-order valence-corrected chi connectivity index (χ1v) is 7.17. The third kappa shape index (κ3) is 3.85. The van der Waals surface area contributed by atoms with Gasteiger partial charge in [-0.1, -0.05) is 0 Å². The summed E-state index contributed by atoms with van der Waals surface area (Å²) in [5.41, 5.74) is 0. The van der Waals surface area contributed by atoms with Crippen molar-refractivity contribution < 1.29 is 9.53 Å². The third-order valence-corrected chi connectivity index (χ3v) is 3.85. The van der Waals surface area contributed by atoms with Crippen LogP contribution in [0.3, 0.4) is 0 Å². The van der Waals surface area contributed by atoms with Crippen molar-refractivity contribution in [3.8, 4) is 0 Å². The van der Waals surface area contributed by atoms with E-state index in [0.717, 1.165) is 32.7 Å². The van der Waals surface area contributed by atoms with E-state index < -0.39 is 0 Å². The molecule has 0 aromatic rings. The van der Waals surface area contributed by atoms with Gasteiger partial charge in [0.15, 0.2) is 0 Å². The van der Waals surface area contributed by atoms with Gasteiger partial charge in [-0.2, -0.15) is 0 Å². The lowest BCUT2D eigenvalue weighted by Crippen LogP contribution is -2.49. The number of hydrogen-bond donors (Lipinski definition) is 1. The molecule has 18 heavy (non-hydrogen) atoms. The number of nitrogens with zero attached hydrogens (tertiary/aromatic N) is 2. The average Bonchev–Trinajstić information content (AvgIpc) is 2.90. The quantitative estimate of drug-likeness (QED) is 0.811. The minimum absolute atomic E-state index is 0.158. The van der Waals surface area contributed by atoms with Crippen LogP contribution < -0.4 is 5.32 Å². The Labute approximate surface area is 109 Å². The van der Waals surface area contributed by atoms with E-state index in [1.807, 2.05) is 11.8 Å². The van der Waals surface area contributed by atoms with Crippen LogP contribution in [0.5, 0.6) is 0 Å². The van der Waals surface area contributed by atoms with Gasteiger partial charge in [0.2, 0.25) is 0 Å². The molecule has 0 aromatic carbocycles. The van der Waals surface area contributed by atoms with Crippen molar-refractivity contribution >= 4 is 6.09 Å². The molecule has 0 radical (unpaired) electrons. The lowest BCUT2D eigenvalue weighted by atomic mass is 10.1. The highest BCUT2D eigenvalue weighted by molar-refractivity contribution is 5.67. The summed E-state index contributed by atoms with van der Waals surface area (Å²) in [4.78, 5) is 15.8. The molecule has 2 saturated heterocycles. The average molecular weight is 255 g/mol. The first-order chi connectivity index (χ1) is 8.79. The summed E-state index contributed by atoms with van der Waals surface area (Å²) in [5, 5.41) is 3.53. The maximum Gasteiger partial charge on any atom is 0.409 e. The zero-order valence-corrected chi connectivity index (χ0v) is 11.4. The van der Waals surface area contributed by atoms with E-state index in [-0.39, 0.29) is 6.09 Å². The van der Waals surface area contributed by atoms with E-state index in [1.165, 1.54) is 25.8 Å². The second-order valence-electron chi connectivity index (χ2n) is 5.11. The van der Waals surface area contributed by atoms with Crippen LogP contribution >= 0.6 is 0 Å². The molecule has 1 N–H and O–H groups in total. The fourth-order valence-electron chi connectivity index (χ4n) is 2.71. The summed E-state index contributed by atoms with van der Waals surface area (Å²) in [5.74, 6) is 0. The smallest absolute Gasteiger partial charge is 0.409 e. The standard InChI is InChI=1S/C13H25N3O2/c1-2-18-13(17)16-10-8-15(9-11-16)7-5-12-4-3-6-14-12/h12,14H,2-11H2,1H3. The Balaban J connectivity index is 1.62.